The topological polar surface area (TPSA) is 143 Å². The minimum Gasteiger partial charge on any atom is -0.365 e. The zero-order chi connectivity index (χ0) is 14.7. The Morgan fingerprint density at radius 1 is 1.15 bits per heavy atom. The molecule has 0 fully saturated rings. The molecule has 2 aromatic rings. The number of carbonyl (C=O) groups excluding carboxylic acids is 2. The maximum absolute atomic E-state index is 11.3. The summed E-state index contributed by atoms with van der Waals surface area (Å²) < 4.78 is 0. The molecule has 1 aromatic heterocycles. The first-order valence-corrected chi connectivity index (χ1v) is 5.54. The first kappa shape index (κ1) is 13.3. The summed E-state index contributed by atoms with van der Waals surface area (Å²) in [4.78, 5) is 35.3. The Hall–Kier alpha value is -3.16. The number of hydrogen-bond acceptors (Lipinski definition) is 4. The maximum atomic E-state index is 11.3. The van der Waals surface area contributed by atoms with Gasteiger partial charge in [-0.15, -0.1) is 4.91 Å². The molecule has 6 N–H and O–H groups in total. The Labute approximate surface area is 113 Å². The van der Waals surface area contributed by atoms with Gasteiger partial charge in [0.15, 0.2) is 0 Å². The van der Waals surface area contributed by atoms with Gasteiger partial charge in [0.1, 0.15) is 11.5 Å². The Bertz CT molecular complexity index is 675. The number of amides is 3. The molecule has 0 saturated carbocycles. The number of aromatic nitrogens is 1. The van der Waals surface area contributed by atoms with E-state index in [0.29, 0.717) is 11.3 Å². The maximum Gasteiger partial charge on any atom is 0.317 e. The van der Waals surface area contributed by atoms with E-state index >= 15 is 0 Å². The van der Waals surface area contributed by atoms with Gasteiger partial charge in [0.05, 0.1) is 5.56 Å². The fourth-order valence-electron chi connectivity index (χ4n) is 1.73. The SMILES string of the molecule is NC(=O)Nc1[nH]c(-c2ccc(N=O)cc2)cc1C(N)=O. The summed E-state index contributed by atoms with van der Waals surface area (Å²) in [6, 6.07) is 6.99. The molecule has 2 rings (SSSR count). The monoisotopic (exact) mass is 273 g/mol. The van der Waals surface area contributed by atoms with Crippen molar-refractivity contribution in [1.29, 1.82) is 0 Å². The van der Waals surface area contributed by atoms with E-state index in [-0.39, 0.29) is 17.1 Å². The molecule has 0 saturated heterocycles. The molecule has 0 spiro atoms. The van der Waals surface area contributed by atoms with Crippen molar-refractivity contribution in [2.45, 2.75) is 0 Å². The van der Waals surface area contributed by atoms with Crippen LogP contribution < -0.4 is 16.8 Å². The summed E-state index contributed by atoms with van der Waals surface area (Å²) in [7, 11) is 0. The third kappa shape index (κ3) is 2.64. The molecule has 8 nitrogen and oxygen atoms in total. The van der Waals surface area contributed by atoms with E-state index in [1.165, 1.54) is 18.2 Å². The average molecular weight is 273 g/mol. The zero-order valence-corrected chi connectivity index (χ0v) is 10.2. The van der Waals surface area contributed by atoms with Gasteiger partial charge in [0.25, 0.3) is 5.91 Å². The molecule has 1 aromatic carbocycles. The standard InChI is InChI=1S/C12H11N5O3/c13-10(18)8-5-9(15-11(8)16-12(14)19)6-1-3-7(17-20)4-2-6/h1-5,15H,(H2,13,18)(H3,14,16,19). The normalized spacial score (nSPS) is 10.0. The highest BCUT2D eigenvalue weighted by Crippen LogP contribution is 2.26. The van der Waals surface area contributed by atoms with Crippen molar-refractivity contribution in [1.82, 2.24) is 4.98 Å². The van der Waals surface area contributed by atoms with Crippen molar-refractivity contribution in [3.63, 3.8) is 0 Å². The molecule has 0 aliphatic carbocycles. The van der Waals surface area contributed by atoms with Gasteiger partial charge in [-0.05, 0) is 28.9 Å². The number of urea groups is 1. The van der Waals surface area contributed by atoms with Crippen LogP contribution in [0.4, 0.5) is 16.3 Å². The van der Waals surface area contributed by atoms with Gasteiger partial charge in [-0.3, -0.25) is 10.1 Å². The quantitative estimate of drug-likeness (QED) is 0.629. The fourth-order valence-corrected chi connectivity index (χ4v) is 1.73. The molecule has 0 aliphatic heterocycles. The Morgan fingerprint density at radius 3 is 2.30 bits per heavy atom. The number of aromatic amines is 1. The highest BCUT2D eigenvalue weighted by atomic mass is 16.3. The van der Waals surface area contributed by atoms with Crippen LogP contribution in [0, 0.1) is 4.91 Å². The van der Waals surface area contributed by atoms with Crippen LogP contribution >= 0.6 is 0 Å². The Morgan fingerprint density at radius 2 is 1.80 bits per heavy atom. The first-order valence-electron chi connectivity index (χ1n) is 5.54. The minimum absolute atomic E-state index is 0.108. The van der Waals surface area contributed by atoms with Crippen molar-refractivity contribution in [2.75, 3.05) is 5.32 Å². The number of hydrogen-bond donors (Lipinski definition) is 4. The van der Waals surface area contributed by atoms with Crippen molar-refractivity contribution in [2.24, 2.45) is 16.6 Å². The van der Waals surface area contributed by atoms with Crippen molar-refractivity contribution in [3.05, 3.63) is 40.8 Å². The highest BCUT2D eigenvalue weighted by Gasteiger charge is 2.15. The number of primary amides is 2. The van der Waals surface area contributed by atoms with Crippen molar-refractivity contribution >= 4 is 23.4 Å². The Kier molecular flexibility index (Phi) is 3.47. The number of nitrogens with two attached hydrogens (primary N) is 2. The lowest BCUT2D eigenvalue weighted by molar-refractivity contribution is 0.100. The number of H-pyrrole nitrogens is 1. The van der Waals surface area contributed by atoms with Gasteiger partial charge < -0.3 is 16.5 Å². The molecule has 1 heterocycles. The molecular weight excluding hydrogens is 262 g/mol. The second-order valence-electron chi connectivity index (χ2n) is 3.96. The number of carbonyl (C=O) groups is 2. The summed E-state index contributed by atoms with van der Waals surface area (Å²) in [5, 5.41) is 5.07. The fraction of sp³-hybridized carbons (Fsp3) is 0. The number of nitrogens with one attached hydrogen (secondary N) is 2. The lowest BCUT2D eigenvalue weighted by Gasteiger charge is -2.00. The largest absolute Gasteiger partial charge is 0.365 e. The van der Waals surface area contributed by atoms with E-state index in [9.17, 15) is 14.5 Å². The molecule has 0 aliphatic rings. The molecule has 0 bridgehead atoms. The molecule has 20 heavy (non-hydrogen) atoms. The van der Waals surface area contributed by atoms with Gasteiger partial charge in [-0.1, -0.05) is 12.1 Å². The molecule has 0 atom stereocenters. The van der Waals surface area contributed by atoms with Gasteiger partial charge >= 0.3 is 6.03 Å². The first-order chi connectivity index (χ1) is 9.51. The number of rotatable bonds is 4. The van der Waals surface area contributed by atoms with Crippen LogP contribution in [0.2, 0.25) is 0 Å². The van der Waals surface area contributed by atoms with Crippen molar-refractivity contribution < 1.29 is 9.59 Å². The molecule has 0 unspecified atom stereocenters. The average Bonchev–Trinajstić information content (AvgIpc) is 2.82. The van der Waals surface area contributed by atoms with E-state index in [1.54, 1.807) is 12.1 Å². The predicted molar refractivity (Wildman–Crippen MR) is 73.4 cm³/mol. The second kappa shape index (κ2) is 5.22. The number of benzene rings is 1. The van der Waals surface area contributed by atoms with Crippen LogP contribution in [0.15, 0.2) is 35.5 Å². The van der Waals surface area contributed by atoms with Crippen molar-refractivity contribution in [3.8, 4) is 11.3 Å². The third-order valence-electron chi connectivity index (χ3n) is 2.62. The van der Waals surface area contributed by atoms with E-state index < -0.39 is 11.9 Å². The zero-order valence-electron chi connectivity index (χ0n) is 10.2. The predicted octanol–water partition coefficient (Wildman–Crippen LogP) is 1.67. The van der Waals surface area contributed by atoms with E-state index in [0.717, 1.165) is 0 Å². The summed E-state index contributed by atoms with van der Waals surface area (Å²) in [5.41, 5.74) is 11.9. The summed E-state index contributed by atoms with van der Waals surface area (Å²) in [5.74, 6) is -0.583. The lowest BCUT2D eigenvalue weighted by atomic mass is 10.1. The van der Waals surface area contributed by atoms with Gasteiger partial charge in [0, 0.05) is 5.69 Å². The number of nitrogens with zero attached hydrogens (tertiary/aromatic N) is 1. The lowest BCUT2D eigenvalue weighted by Crippen LogP contribution is -2.22. The summed E-state index contributed by atoms with van der Waals surface area (Å²) in [6.07, 6.45) is 0. The van der Waals surface area contributed by atoms with Crippen LogP contribution in [0.1, 0.15) is 10.4 Å². The van der Waals surface area contributed by atoms with E-state index in [1.807, 2.05) is 0 Å². The van der Waals surface area contributed by atoms with Crippen LogP contribution in [0.5, 0.6) is 0 Å². The summed E-state index contributed by atoms with van der Waals surface area (Å²) in [6.45, 7) is 0. The molecular formula is C12H11N5O3. The van der Waals surface area contributed by atoms with Crippen LogP contribution in [-0.2, 0) is 0 Å². The van der Waals surface area contributed by atoms with Gasteiger partial charge in [-0.2, -0.15) is 0 Å². The number of anilines is 1. The van der Waals surface area contributed by atoms with Crippen LogP contribution in [-0.4, -0.2) is 16.9 Å². The number of nitroso groups, excluding NO2 is 1. The van der Waals surface area contributed by atoms with E-state index in [4.69, 9.17) is 11.5 Å². The third-order valence-corrected chi connectivity index (χ3v) is 2.62. The van der Waals surface area contributed by atoms with Gasteiger partial charge in [-0.25, -0.2) is 4.79 Å². The highest BCUT2D eigenvalue weighted by molar-refractivity contribution is 6.03. The summed E-state index contributed by atoms with van der Waals surface area (Å²) >= 11 is 0. The molecule has 8 heteroatoms. The van der Waals surface area contributed by atoms with Crippen LogP contribution in [0.3, 0.4) is 0 Å². The smallest absolute Gasteiger partial charge is 0.317 e. The minimum atomic E-state index is -0.818. The second-order valence-corrected chi connectivity index (χ2v) is 3.96. The Balaban J connectivity index is 2.43. The molecule has 3 amide bonds. The van der Waals surface area contributed by atoms with Gasteiger partial charge in [0.2, 0.25) is 0 Å². The molecule has 102 valence electrons. The van der Waals surface area contributed by atoms with Crippen LogP contribution in [0.25, 0.3) is 11.3 Å². The van der Waals surface area contributed by atoms with E-state index in [2.05, 4.69) is 15.5 Å². The molecule has 0 radical (unpaired) electrons.